The summed E-state index contributed by atoms with van der Waals surface area (Å²) in [6.45, 7) is 3.73. The van der Waals surface area contributed by atoms with Crippen molar-refractivity contribution >= 4 is 27.5 Å². The molecule has 20 heavy (non-hydrogen) atoms. The average molecular weight is 340 g/mol. The standard InChI is InChI=1S/C15H22BrN3O/c1-10(11-3-4-11)19(7-8-20-2)14-9-12(16)5-6-13(14)15(17)18/h5-6,9-11H,3-4,7-8H2,1-2H3,(H3,17,18). The summed E-state index contributed by atoms with van der Waals surface area (Å²) < 4.78 is 6.24. The van der Waals surface area contributed by atoms with Crippen molar-refractivity contribution < 1.29 is 4.74 Å². The van der Waals surface area contributed by atoms with Crippen molar-refractivity contribution in [1.29, 1.82) is 5.41 Å². The maximum Gasteiger partial charge on any atom is 0.124 e. The van der Waals surface area contributed by atoms with Gasteiger partial charge in [0.1, 0.15) is 5.84 Å². The number of nitrogens with two attached hydrogens (primary N) is 1. The number of hydrogen-bond acceptors (Lipinski definition) is 3. The highest BCUT2D eigenvalue weighted by atomic mass is 79.9. The zero-order valence-corrected chi connectivity index (χ0v) is 13.6. The summed E-state index contributed by atoms with van der Waals surface area (Å²) in [6, 6.07) is 6.32. The fraction of sp³-hybridized carbons (Fsp3) is 0.533. The van der Waals surface area contributed by atoms with E-state index in [-0.39, 0.29) is 5.84 Å². The monoisotopic (exact) mass is 339 g/mol. The topological polar surface area (TPSA) is 62.3 Å². The quantitative estimate of drug-likeness (QED) is 0.593. The number of anilines is 1. The third kappa shape index (κ3) is 3.52. The highest BCUT2D eigenvalue weighted by Gasteiger charge is 2.33. The van der Waals surface area contributed by atoms with Gasteiger partial charge in [-0.15, -0.1) is 0 Å². The first-order chi connectivity index (χ1) is 9.54. The molecule has 1 fully saturated rings. The lowest BCUT2D eigenvalue weighted by Crippen LogP contribution is -2.38. The van der Waals surface area contributed by atoms with Gasteiger partial charge in [-0.2, -0.15) is 0 Å². The number of nitrogens with zero attached hydrogens (tertiary/aromatic N) is 1. The van der Waals surface area contributed by atoms with E-state index in [1.807, 2.05) is 18.2 Å². The van der Waals surface area contributed by atoms with Crippen LogP contribution in [0.3, 0.4) is 0 Å². The molecule has 4 nitrogen and oxygen atoms in total. The first-order valence-electron chi connectivity index (χ1n) is 6.94. The van der Waals surface area contributed by atoms with E-state index >= 15 is 0 Å². The largest absolute Gasteiger partial charge is 0.384 e. The SMILES string of the molecule is COCCN(c1cc(Br)ccc1C(=N)N)C(C)C1CC1. The number of benzene rings is 1. The van der Waals surface area contributed by atoms with Gasteiger partial charge >= 0.3 is 0 Å². The van der Waals surface area contributed by atoms with Gasteiger partial charge in [-0.25, -0.2) is 0 Å². The van der Waals surface area contributed by atoms with E-state index in [1.54, 1.807) is 7.11 Å². The summed E-state index contributed by atoms with van der Waals surface area (Å²) in [5.74, 6) is 0.851. The van der Waals surface area contributed by atoms with Crippen molar-refractivity contribution in [3.05, 3.63) is 28.2 Å². The van der Waals surface area contributed by atoms with Gasteiger partial charge in [0, 0.05) is 35.4 Å². The first-order valence-corrected chi connectivity index (χ1v) is 7.73. The van der Waals surface area contributed by atoms with Gasteiger partial charge in [0.05, 0.1) is 6.61 Å². The molecular formula is C15H22BrN3O. The molecule has 110 valence electrons. The second-order valence-corrected chi connectivity index (χ2v) is 6.26. The van der Waals surface area contributed by atoms with Gasteiger partial charge in [-0.3, -0.25) is 5.41 Å². The van der Waals surface area contributed by atoms with Crippen molar-refractivity contribution in [3.63, 3.8) is 0 Å². The molecule has 0 heterocycles. The summed E-state index contributed by atoms with van der Waals surface area (Å²) in [4.78, 5) is 2.32. The molecule has 1 aliphatic rings. The van der Waals surface area contributed by atoms with Crippen LogP contribution in [-0.2, 0) is 4.74 Å². The van der Waals surface area contributed by atoms with Gasteiger partial charge in [0.25, 0.3) is 0 Å². The molecule has 1 atom stereocenters. The molecule has 2 rings (SSSR count). The smallest absolute Gasteiger partial charge is 0.124 e. The van der Waals surface area contributed by atoms with Crippen LogP contribution in [-0.4, -0.2) is 32.1 Å². The lowest BCUT2D eigenvalue weighted by molar-refractivity contribution is 0.202. The average Bonchev–Trinajstić information content (AvgIpc) is 3.23. The summed E-state index contributed by atoms with van der Waals surface area (Å²) in [5, 5.41) is 7.79. The lowest BCUT2D eigenvalue weighted by Gasteiger charge is -2.33. The number of ether oxygens (including phenoxy) is 1. The molecular weight excluding hydrogens is 318 g/mol. The van der Waals surface area contributed by atoms with Crippen LogP contribution in [0.5, 0.6) is 0 Å². The third-order valence-corrected chi connectivity index (χ3v) is 4.38. The first kappa shape index (κ1) is 15.3. The molecule has 1 unspecified atom stereocenters. The Labute approximate surface area is 128 Å². The predicted octanol–water partition coefficient (Wildman–Crippen LogP) is 2.98. The number of hydrogen-bond donors (Lipinski definition) is 2. The van der Waals surface area contributed by atoms with Gasteiger partial charge < -0.3 is 15.4 Å². The van der Waals surface area contributed by atoms with E-state index in [4.69, 9.17) is 15.9 Å². The molecule has 0 amide bonds. The Balaban J connectivity index is 2.35. The van der Waals surface area contributed by atoms with Crippen LogP contribution >= 0.6 is 15.9 Å². The molecule has 0 aliphatic heterocycles. The maximum absolute atomic E-state index is 7.79. The molecule has 0 aromatic heterocycles. The van der Waals surface area contributed by atoms with Crippen molar-refractivity contribution in [2.75, 3.05) is 25.2 Å². The van der Waals surface area contributed by atoms with E-state index in [0.29, 0.717) is 12.6 Å². The fourth-order valence-electron chi connectivity index (χ4n) is 2.54. The molecule has 1 aromatic rings. The van der Waals surface area contributed by atoms with E-state index in [1.165, 1.54) is 12.8 Å². The third-order valence-electron chi connectivity index (χ3n) is 3.89. The Morgan fingerprint density at radius 3 is 2.80 bits per heavy atom. The molecule has 0 bridgehead atoms. The molecule has 1 aromatic carbocycles. The van der Waals surface area contributed by atoms with E-state index in [9.17, 15) is 0 Å². The van der Waals surface area contributed by atoms with Crippen LogP contribution in [0.25, 0.3) is 0 Å². The Bertz CT molecular complexity index is 488. The van der Waals surface area contributed by atoms with Crippen molar-refractivity contribution in [1.82, 2.24) is 0 Å². The van der Waals surface area contributed by atoms with Crippen LogP contribution in [0, 0.1) is 11.3 Å². The normalized spacial score (nSPS) is 15.9. The molecule has 5 heteroatoms. The zero-order valence-electron chi connectivity index (χ0n) is 12.0. The number of nitrogens with one attached hydrogen (secondary N) is 1. The van der Waals surface area contributed by atoms with E-state index in [0.717, 1.165) is 28.2 Å². The van der Waals surface area contributed by atoms with Gasteiger partial charge in [-0.1, -0.05) is 15.9 Å². The minimum Gasteiger partial charge on any atom is -0.384 e. The highest BCUT2D eigenvalue weighted by Crippen LogP contribution is 2.38. The second-order valence-electron chi connectivity index (χ2n) is 5.34. The molecule has 0 radical (unpaired) electrons. The summed E-state index contributed by atoms with van der Waals surface area (Å²) in [5.41, 5.74) is 7.54. The van der Waals surface area contributed by atoms with Gasteiger partial charge in [-0.05, 0) is 43.9 Å². The predicted molar refractivity (Wildman–Crippen MR) is 86.6 cm³/mol. The van der Waals surface area contributed by atoms with E-state index in [2.05, 4.69) is 27.8 Å². The van der Waals surface area contributed by atoms with Crippen LogP contribution in [0.15, 0.2) is 22.7 Å². The second kappa shape index (κ2) is 6.59. The molecule has 1 saturated carbocycles. The summed E-state index contributed by atoms with van der Waals surface area (Å²) in [7, 11) is 1.72. The zero-order chi connectivity index (χ0) is 14.7. The molecule has 0 spiro atoms. The molecule has 0 saturated heterocycles. The van der Waals surface area contributed by atoms with Crippen LogP contribution in [0.4, 0.5) is 5.69 Å². The number of amidine groups is 1. The van der Waals surface area contributed by atoms with Gasteiger partial charge in [0.2, 0.25) is 0 Å². The highest BCUT2D eigenvalue weighted by molar-refractivity contribution is 9.10. The Kier molecular flexibility index (Phi) is 5.05. The van der Waals surface area contributed by atoms with Crippen molar-refractivity contribution in [2.45, 2.75) is 25.8 Å². The Morgan fingerprint density at radius 1 is 1.55 bits per heavy atom. The molecule has 1 aliphatic carbocycles. The number of nitrogen functional groups attached to an aromatic ring is 1. The number of halogens is 1. The summed E-state index contributed by atoms with van der Waals surface area (Å²) >= 11 is 3.51. The van der Waals surface area contributed by atoms with Crippen molar-refractivity contribution in [2.24, 2.45) is 11.7 Å². The Morgan fingerprint density at radius 2 is 2.25 bits per heavy atom. The minimum atomic E-state index is 0.109. The maximum atomic E-state index is 7.79. The lowest BCUT2D eigenvalue weighted by atomic mass is 10.1. The Hall–Kier alpha value is -1.07. The number of rotatable bonds is 7. The van der Waals surface area contributed by atoms with Crippen LogP contribution in [0.2, 0.25) is 0 Å². The van der Waals surface area contributed by atoms with Crippen molar-refractivity contribution in [3.8, 4) is 0 Å². The molecule has 3 N–H and O–H groups in total. The van der Waals surface area contributed by atoms with E-state index < -0.39 is 0 Å². The minimum absolute atomic E-state index is 0.109. The van der Waals surface area contributed by atoms with Crippen LogP contribution < -0.4 is 10.6 Å². The summed E-state index contributed by atoms with van der Waals surface area (Å²) in [6.07, 6.45) is 2.57. The van der Waals surface area contributed by atoms with Gasteiger partial charge in [0.15, 0.2) is 0 Å². The number of methoxy groups -OCH3 is 1. The van der Waals surface area contributed by atoms with Crippen LogP contribution in [0.1, 0.15) is 25.3 Å². The fourth-order valence-corrected chi connectivity index (χ4v) is 2.89.